The van der Waals surface area contributed by atoms with E-state index in [0.717, 1.165) is 0 Å². The van der Waals surface area contributed by atoms with E-state index >= 15 is 0 Å². The van der Waals surface area contributed by atoms with Gasteiger partial charge in [0.05, 0.1) is 6.61 Å². The molecule has 2 N–H and O–H groups in total. The van der Waals surface area contributed by atoms with Gasteiger partial charge in [-0.15, -0.1) is 0 Å². The quantitative estimate of drug-likeness (QED) is 0.636. The Hall–Kier alpha value is -0.900. The second-order valence-electron chi connectivity index (χ2n) is 3.11. The summed E-state index contributed by atoms with van der Waals surface area (Å²) in [6, 6.07) is -0.682. The van der Waals surface area contributed by atoms with Crippen LogP contribution in [0.5, 0.6) is 0 Å². The van der Waals surface area contributed by atoms with Gasteiger partial charge < -0.3 is 10.5 Å². The second-order valence-corrected chi connectivity index (χ2v) is 3.11. The van der Waals surface area contributed by atoms with Crippen LogP contribution in [0, 0.1) is 5.92 Å². The molecule has 0 amide bonds. The van der Waals surface area contributed by atoms with E-state index in [1.165, 1.54) is 6.92 Å². The van der Waals surface area contributed by atoms with Gasteiger partial charge in [-0.3, -0.25) is 9.59 Å². The van der Waals surface area contributed by atoms with Crippen LogP contribution < -0.4 is 5.73 Å². The van der Waals surface area contributed by atoms with Gasteiger partial charge >= 0.3 is 5.97 Å². The summed E-state index contributed by atoms with van der Waals surface area (Å²) >= 11 is 0. The van der Waals surface area contributed by atoms with Crippen molar-refractivity contribution < 1.29 is 14.3 Å². The summed E-state index contributed by atoms with van der Waals surface area (Å²) in [7, 11) is 0. The molecule has 4 heteroatoms. The van der Waals surface area contributed by atoms with E-state index in [4.69, 9.17) is 10.5 Å². The first-order valence-electron chi connectivity index (χ1n) is 4.41. The van der Waals surface area contributed by atoms with Crippen LogP contribution in [-0.4, -0.2) is 24.4 Å². The van der Waals surface area contributed by atoms with Crippen LogP contribution in [-0.2, 0) is 14.3 Å². The molecular weight excluding hydrogens is 170 g/mol. The SMILES string of the molecule is CCOC(=O)C(N)CC(C)C(C)=O. The zero-order valence-electron chi connectivity index (χ0n) is 8.37. The van der Waals surface area contributed by atoms with Crippen molar-refractivity contribution in [1.29, 1.82) is 0 Å². The summed E-state index contributed by atoms with van der Waals surface area (Å²) in [4.78, 5) is 21.9. The summed E-state index contributed by atoms with van der Waals surface area (Å²) in [5.74, 6) is -0.574. The van der Waals surface area contributed by atoms with Crippen LogP contribution in [0.3, 0.4) is 0 Å². The third-order valence-corrected chi connectivity index (χ3v) is 1.89. The van der Waals surface area contributed by atoms with Crippen molar-refractivity contribution in [3.63, 3.8) is 0 Å². The number of nitrogens with two attached hydrogens (primary N) is 1. The molecule has 0 aromatic rings. The van der Waals surface area contributed by atoms with Crippen molar-refractivity contribution in [2.75, 3.05) is 6.61 Å². The van der Waals surface area contributed by atoms with E-state index in [1.807, 2.05) is 0 Å². The summed E-state index contributed by atoms with van der Waals surface area (Å²) in [5.41, 5.74) is 5.52. The molecule has 0 aromatic heterocycles. The summed E-state index contributed by atoms with van der Waals surface area (Å²) in [5, 5.41) is 0. The highest BCUT2D eigenvalue weighted by Crippen LogP contribution is 2.06. The van der Waals surface area contributed by atoms with Gasteiger partial charge in [0.25, 0.3) is 0 Å². The molecule has 0 radical (unpaired) electrons. The highest BCUT2D eigenvalue weighted by molar-refractivity contribution is 5.80. The highest BCUT2D eigenvalue weighted by atomic mass is 16.5. The second kappa shape index (κ2) is 5.70. The zero-order valence-corrected chi connectivity index (χ0v) is 8.37. The Morgan fingerprint density at radius 1 is 1.46 bits per heavy atom. The van der Waals surface area contributed by atoms with Crippen molar-refractivity contribution in [3.05, 3.63) is 0 Å². The lowest BCUT2D eigenvalue weighted by atomic mass is 9.99. The number of ether oxygens (including phenoxy) is 1. The minimum atomic E-state index is -0.682. The van der Waals surface area contributed by atoms with Crippen molar-refractivity contribution in [1.82, 2.24) is 0 Å². The first kappa shape index (κ1) is 12.1. The van der Waals surface area contributed by atoms with Crippen LogP contribution in [0.2, 0.25) is 0 Å². The fraction of sp³-hybridized carbons (Fsp3) is 0.778. The fourth-order valence-corrected chi connectivity index (χ4v) is 0.892. The molecule has 76 valence electrons. The first-order valence-corrected chi connectivity index (χ1v) is 4.41. The number of carbonyl (C=O) groups excluding carboxylic acids is 2. The van der Waals surface area contributed by atoms with Gasteiger partial charge in [-0.2, -0.15) is 0 Å². The molecule has 0 bridgehead atoms. The zero-order chi connectivity index (χ0) is 10.4. The molecule has 0 rings (SSSR count). The lowest BCUT2D eigenvalue weighted by Crippen LogP contribution is -2.35. The predicted octanol–water partition coefficient (Wildman–Crippen LogP) is 0.492. The maximum absolute atomic E-state index is 11.0. The van der Waals surface area contributed by atoms with Crippen molar-refractivity contribution >= 4 is 11.8 Å². The number of carbonyl (C=O) groups is 2. The number of esters is 1. The van der Waals surface area contributed by atoms with Crippen molar-refractivity contribution in [2.45, 2.75) is 33.2 Å². The molecule has 0 fully saturated rings. The smallest absolute Gasteiger partial charge is 0.322 e. The molecule has 0 saturated carbocycles. The first-order chi connectivity index (χ1) is 5.99. The molecule has 13 heavy (non-hydrogen) atoms. The lowest BCUT2D eigenvalue weighted by Gasteiger charge is -2.13. The number of hydrogen-bond acceptors (Lipinski definition) is 4. The van der Waals surface area contributed by atoms with Gasteiger partial charge in [-0.05, 0) is 20.3 Å². The van der Waals surface area contributed by atoms with Gasteiger partial charge in [-0.25, -0.2) is 0 Å². The van der Waals surface area contributed by atoms with Crippen molar-refractivity contribution in [2.24, 2.45) is 11.7 Å². The van der Waals surface area contributed by atoms with Crippen LogP contribution in [0.4, 0.5) is 0 Å². The summed E-state index contributed by atoms with van der Waals surface area (Å²) in [6.45, 7) is 5.28. The number of rotatable bonds is 5. The third-order valence-electron chi connectivity index (χ3n) is 1.89. The monoisotopic (exact) mass is 187 g/mol. The van der Waals surface area contributed by atoms with Crippen molar-refractivity contribution in [3.8, 4) is 0 Å². The number of ketones is 1. The molecule has 2 unspecified atom stereocenters. The Kier molecular flexibility index (Phi) is 5.30. The van der Waals surface area contributed by atoms with E-state index in [2.05, 4.69) is 0 Å². The Bertz CT molecular complexity index is 191. The van der Waals surface area contributed by atoms with Crippen LogP contribution in [0.25, 0.3) is 0 Å². The molecule has 0 aromatic carbocycles. The topological polar surface area (TPSA) is 69.4 Å². The largest absolute Gasteiger partial charge is 0.465 e. The van der Waals surface area contributed by atoms with Gasteiger partial charge in [0.2, 0.25) is 0 Å². The normalized spacial score (nSPS) is 14.8. The van der Waals surface area contributed by atoms with Gasteiger partial charge in [0.15, 0.2) is 0 Å². The Labute approximate surface area is 78.4 Å². The molecule has 0 aliphatic rings. The molecule has 2 atom stereocenters. The van der Waals surface area contributed by atoms with Gasteiger partial charge in [0, 0.05) is 5.92 Å². The third kappa shape index (κ3) is 4.62. The Morgan fingerprint density at radius 2 is 2.00 bits per heavy atom. The molecular formula is C9H17NO3. The number of Topliss-reactive ketones (excluding diaryl/α,β-unsaturated/α-hetero) is 1. The molecule has 0 heterocycles. The Morgan fingerprint density at radius 3 is 2.38 bits per heavy atom. The lowest BCUT2D eigenvalue weighted by molar-refractivity contribution is -0.145. The fourth-order valence-electron chi connectivity index (χ4n) is 0.892. The van der Waals surface area contributed by atoms with Crippen LogP contribution in [0.1, 0.15) is 27.2 Å². The van der Waals surface area contributed by atoms with Crippen LogP contribution in [0.15, 0.2) is 0 Å². The van der Waals surface area contributed by atoms with E-state index in [-0.39, 0.29) is 11.7 Å². The average molecular weight is 187 g/mol. The maximum atomic E-state index is 11.0. The molecule has 0 aliphatic carbocycles. The predicted molar refractivity (Wildman–Crippen MR) is 49.1 cm³/mol. The van der Waals surface area contributed by atoms with Crippen LogP contribution >= 0.6 is 0 Å². The highest BCUT2D eigenvalue weighted by Gasteiger charge is 2.19. The minimum absolute atomic E-state index is 0.0414. The molecule has 0 spiro atoms. The summed E-state index contributed by atoms with van der Waals surface area (Å²) in [6.07, 6.45) is 0.355. The van der Waals surface area contributed by atoms with E-state index in [0.29, 0.717) is 13.0 Å². The maximum Gasteiger partial charge on any atom is 0.322 e. The van der Waals surface area contributed by atoms with E-state index in [1.54, 1.807) is 13.8 Å². The molecule has 4 nitrogen and oxygen atoms in total. The van der Waals surface area contributed by atoms with E-state index in [9.17, 15) is 9.59 Å². The van der Waals surface area contributed by atoms with E-state index < -0.39 is 12.0 Å². The number of hydrogen-bond donors (Lipinski definition) is 1. The van der Waals surface area contributed by atoms with Gasteiger partial charge in [0.1, 0.15) is 11.8 Å². The standard InChI is InChI=1S/C9H17NO3/c1-4-13-9(12)8(10)5-6(2)7(3)11/h6,8H,4-5,10H2,1-3H3. The van der Waals surface area contributed by atoms with Gasteiger partial charge in [-0.1, -0.05) is 6.92 Å². The molecule has 0 aliphatic heterocycles. The Balaban J connectivity index is 3.92. The summed E-state index contributed by atoms with van der Waals surface area (Å²) < 4.78 is 4.71. The minimum Gasteiger partial charge on any atom is -0.465 e. The average Bonchev–Trinajstić information content (AvgIpc) is 2.04. The molecule has 0 saturated heterocycles.